The van der Waals surface area contributed by atoms with Gasteiger partial charge in [-0.3, -0.25) is 0 Å². The molecule has 13 heavy (non-hydrogen) atoms. The van der Waals surface area contributed by atoms with Gasteiger partial charge in [0, 0.05) is 5.57 Å². The van der Waals surface area contributed by atoms with Gasteiger partial charge in [0.15, 0.2) is 0 Å². The van der Waals surface area contributed by atoms with Gasteiger partial charge in [0.25, 0.3) is 0 Å². The van der Waals surface area contributed by atoms with Gasteiger partial charge in [-0.15, -0.1) is 0 Å². The number of carbonyl (C=O) groups is 1. The molecule has 0 aliphatic carbocycles. The molecule has 0 aromatic carbocycles. The van der Waals surface area contributed by atoms with Crippen LogP contribution < -0.4 is 0 Å². The number of carboxylic acid groups (broad SMARTS) is 1. The van der Waals surface area contributed by atoms with E-state index in [1.165, 1.54) is 0 Å². The van der Waals surface area contributed by atoms with Crippen molar-refractivity contribution in [3.8, 4) is 0 Å². The van der Waals surface area contributed by atoms with Crippen molar-refractivity contribution >= 4 is 5.97 Å². The van der Waals surface area contributed by atoms with E-state index in [1.807, 2.05) is 27.7 Å². The Morgan fingerprint density at radius 1 is 1.46 bits per heavy atom. The van der Waals surface area contributed by atoms with E-state index in [-0.39, 0.29) is 6.10 Å². The molecule has 3 heteroatoms. The smallest absolute Gasteiger partial charge is 0.331 e. The maximum atomic E-state index is 10.5. The molecule has 1 N–H and O–H groups in total. The van der Waals surface area contributed by atoms with Crippen LogP contribution in [-0.2, 0) is 9.53 Å². The maximum absolute atomic E-state index is 10.5. The first-order valence-electron chi connectivity index (χ1n) is 4.35. The van der Waals surface area contributed by atoms with Crippen LogP contribution in [0.4, 0.5) is 0 Å². The Morgan fingerprint density at radius 2 is 1.92 bits per heavy atom. The molecule has 76 valence electrons. The van der Waals surface area contributed by atoms with Crippen molar-refractivity contribution in [2.75, 3.05) is 0 Å². The van der Waals surface area contributed by atoms with E-state index in [4.69, 9.17) is 9.84 Å². The monoisotopic (exact) mass is 186 g/mol. The van der Waals surface area contributed by atoms with Gasteiger partial charge in [-0.05, 0) is 40.7 Å². The van der Waals surface area contributed by atoms with Crippen molar-refractivity contribution in [2.45, 2.75) is 46.3 Å². The van der Waals surface area contributed by atoms with E-state index >= 15 is 0 Å². The predicted molar refractivity (Wildman–Crippen MR) is 51.7 cm³/mol. The Bertz CT molecular complexity index is 214. The van der Waals surface area contributed by atoms with Crippen LogP contribution >= 0.6 is 0 Å². The van der Waals surface area contributed by atoms with Gasteiger partial charge in [0.2, 0.25) is 0 Å². The lowest BCUT2D eigenvalue weighted by Gasteiger charge is -2.24. The fourth-order valence-electron chi connectivity index (χ4n) is 1.22. The Labute approximate surface area is 79.4 Å². The minimum absolute atomic E-state index is 0.0906. The lowest BCUT2D eigenvalue weighted by Crippen LogP contribution is -2.26. The van der Waals surface area contributed by atoms with Gasteiger partial charge in [-0.2, -0.15) is 0 Å². The summed E-state index contributed by atoms with van der Waals surface area (Å²) < 4.78 is 5.52. The summed E-state index contributed by atoms with van der Waals surface area (Å²) in [5.41, 5.74) is -0.206. The molecule has 0 heterocycles. The molecule has 0 aromatic rings. The Balaban J connectivity index is 4.47. The van der Waals surface area contributed by atoms with Crippen LogP contribution in [-0.4, -0.2) is 22.8 Å². The first-order valence-corrected chi connectivity index (χ1v) is 4.35. The summed E-state index contributed by atoms with van der Waals surface area (Å²) >= 11 is 0. The summed E-state index contributed by atoms with van der Waals surface area (Å²) in [6.45, 7) is 9.10. The minimum atomic E-state index is -0.902. The molecule has 0 atom stereocenters. The molecular weight excluding hydrogens is 168 g/mol. The highest BCUT2D eigenvalue weighted by Crippen LogP contribution is 2.16. The van der Waals surface area contributed by atoms with E-state index in [0.717, 1.165) is 0 Å². The molecule has 0 saturated carbocycles. The molecule has 0 fully saturated rings. The minimum Gasteiger partial charge on any atom is -0.478 e. The van der Waals surface area contributed by atoms with Crippen LogP contribution in [0, 0.1) is 0 Å². The molecule has 0 spiro atoms. The zero-order valence-electron chi connectivity index (χ0n) is 8.92. The second-order valence-electron chi connectivity index (χ2n) is 3.90. The molecule has 0 aliphatic heterocycles. The van der Waals surface area contributed by atoms with Crippen molar-refractivity contribution in [3.05, 3.63) is 11.6 Å². The zero-order chi connectivity index (χ0) is 10.6. The summed E-state index contributed by atoms with van der Waals surface area (Å²) in [4.78, 5) is 10.5. The fourth-order valence-corrected chi connectivity index (χ4v) is 1.22. The van der Waals surface area contributed by atoms with E-state index in [0.29, 0.717) is 5.57 Å². The second-order valence-corrected chi connectivity index (χ2v) is 3.90. The molecule has 0 bridgehead atoms. The standard InChI is InChI=1S/C10H18O3/c1-7(2)13-10(4,5)6-8(3)9(11)12/h6-7H,1-5H3,(H,11,12)/b8-6+. The SMILES string of the molecule is C/C(=C\C(C)(C)OC(C)C)C(=O)O. The Morgan fingerprint density at radius 3 is 2.23 bits per heavy atom. The predicted octanol–water partition coefficient (Wildman–Crippen LogP) is 2.22. The number of hydrogen-bond donors (Lipinski definition) is 1. The Hall–Kier alpha value is -0.830. The number of ether oxygens (including phenoxy) is 1. The van der Waals surface area contributed by atoms with Crippen LogP contribution in [0.15, 0.2) is 11.6 Å². The van der Waals surface area contributed by atoms with Gasteiger partial charge in [0.05, 0.1) is 11.7 Å². The van der Waals surface area contributed by atoms with E-state index < -0.39 is 11.6 Å². The highest BCUT2D eigenvalue weighted by atomic mass is 16.5. The topological polar surface area (TPSA) is 46.5 Å². The summed E-state index contributed by atoms with van der Waals surface area (Å²) in [6, 6.07) is 0. The summed E-state index contributed by atoms with van der Waals surface area (Å²) in [5, 5.41) is 8.66. The fraction of sp³-hybridized carbons (Fsp3) is 0.700. The van der Waals surface area contributed by atoms with Crippen LogP contribution in [0.1, 0.15) is 34.6 Å². The Kier molecular flexibility index (Phi) is 4.14. The first kappa shape index (κ1) is 12.2. The third kappa shape index (κ3) is 5.42. The number of rotatable bonds is 4. The molecule has 3 nitrogen and oxygen atoms in total. The van der Waals surface area contributed by atoms with Crippen molar-refractivity contribution in [2.24, 2.45) is 0 Å². The molecule has 0 unspecified atom stereocenters. The largest absolute Gasteiger partial charge is 0.478 e. The van der Waals surface area contributed by atoms with Crippen molar-refractivity contribution < 1.29 is 14.6 Å². The summed E-state index contributed by atoms with van der Waals surface area (Å²) in [6.07, 6.45) is 1.71. The quantitative estimate of drug-likeness (QED) is 0.685. The van der Waals surface area contributed by atoms with Crippen LogP contribution in [0.5, 0.6) is 0 Å². The zero-order valence-corrected chi connectivity index (χ0v) is 8.92. The van der Waals surface area contributed by atoms with Crippen molar-refractivity contribution in [1.29, 1.82) is 0 Å². The molecule has 0 aliphatic rings. The van der Waals surface area contributed by atoms with Gasteiger partial charge in [-0.25, -0.2) is 4.79 Å². The van der Waals surface area contributed by atoms with E-state index in [9.17, 15) is 4.79 Å². The van der Waals surface area contributed by atoms with E-state index in [2.05, 4.69) is 0 Å². The average Bonchev–Trinajstić information content (AvgIpc) is 1.81. The average molecular weight is 186 g/mol. The van der Waals surface area contributed by atoms with Crippen LogP contribution in [0.3, 0.4) is 0 Å². The second kappa shape index (κ2) is 4.42. The highest BCUT2D eigenvalue weighted by Gasteiger charge is 2.18. The third-order valence-electron chi connectivity index (χ3n) is 1.44. The summed E-state index contributed by atoms with van der Waals surface area (Å²) in [5.74, 6) is -0.902. The van der Waals surface area contributed by atoms with Crippen molar-refractivity contribution in [1.82, 2.24) is 0 Å². The van der Waals surface area contributed by atoms with Crippen molar-refractivity contribution in [3.63, 3.8) is 0 Å². The number of aliphatic carboxylic acids is 1. The van der Waals surface area contributed by atoms with Crippen LogP contribution in [0.2, 0.25) is 0 Å². The molecule has 0 aromatic heterocycles. The van der Waals surface area contributed by atoms with Crippen LogP contribution in [0.25, 0.3) is 0 Å². The molecule has 0 radical (unpaired) electrons. The highest BCUT2D eigenvalue weighted by molar-refractivity contribution is 5.85. The number of hydrogen-bond acceptors (Lipinski definition) is 2. The molecule has 0 saturated heterocycles. The maximum Gasteiger partial charge on any atom is 0.331 e. The molecule has 0 amide bonds. The lowest BCUT2D eigenvalue weighted by atomic mass is 10.1. The lowest BCUT2D eigenvalue weighted by molar-refractivity contribution is -0.132. The van der Waals surface area contributed by atoms with Gasteiger partial charge in [-0.1, -0.05) is 0 Å². The van der Waals surface area contributed by atoms with E-state index in [1.54, 1.807) is 13.0 Å². The first-order chi connectivity index (χ1) is 5.74. The van der Waals surface area contributed by atoms with Gasteiger partial charge < -0.3 is 9.84 Å². The van der Waals surface area contributed by atoms with Gasteiger partial charge in [0.1, 0.15) is 0 Å². The molecule has 0 rings (SSSR count). The normalized spacial score (nSPS) is 13.5. The number of carboxylic acids is 1. The third-order valence-corrected chi connectivity index (χ3v) is 1.44. The summed E-state index contributed by atoms with van der Waals surface area (Å²) in [7, 11) is 0. The molecular formula is C10H18O3. The van der Waals surface area contributed by atoms with Gasteiger partial charge >= 0.3 is 5.97 Å².